The molecule has 2 heterocycles. The quantitative estimate of drug-likeness (QED) is 0.510. The fraction of sp³-hybridized carbons (Fsp3) is 0. The number of H-pyrrole nitrogens is 1. The number of nitrogens with zero attached hydrogens (tertiary/aromatic N) is 3. The molecule has 6 nitrogen and oxygen atoms in total. The van der Waals surface area contributed by atoms with E-state index in [4.69, 9.17) is 5.73 Å². The number of aromatic nitrogens is 4. The number of rotatable bonds is 1. The van der Waals surface area contributed by atoms with Gasteiger partial charge in [-0.25, -0.2) is 9.67 Å². The molecule has 1 aromatic carbocycles. The van der Waals surface area contributed by atoms with Gasteiger partial charge in [0, 0.05) is 6.20 Å². The third kappa shape index (κ3) is 1.76. The van der Waals surface area contributed by atoms with Gasteiger partial charge in [0.05, 0.1) is 38.4 Å². The van der Waals surface area contributed by atoms with Crippen molar-refractivity contribution in [3.63, 3.8) is 0 Å². The van der Waals surface area contributed by atoms with Gasteiger partial charge in [-0.15, -0.1) is 0 Å². The van der Waals surface area contributed by atoms with E-state index in [1.165, 1.54) is 6.33 Å². The highest BCUT2D eigenvalue weighted by Crippen LogP contribution is 2.21. The van der Waals surface area contributed by atoms with E-state index in [9.17, 15) is 4.79 Å². The lowest BCUT2D eigenvalue weighted by molar-refractivity contribution is 0.883. The van der Waals surface area contributed by atoms with Crippen LogP contribution in [-0.4, -0.2) is 19.7 Å². The second-order valence-electron chi connectivity index (χ2n) is 3.76. The van der Waals surface area contributed by atoms with Crippen LogP contribution in [0.4, 0.5) is 5.69 Å². The maximum Gasteiger partial charge on any atom is 0.258 e. The third-order valence-corrected chi connectivity index (χ3v) is 3.14. The molecule has 0 aliphatic carbocycles. The monoisotopic (exact) mass is 353 g/mol. The van der Waals surface area contributed by atoms with Crippen LogP contribution in [0.2, 0.25) is 0 Å². The molecule has 0 spiro atoms. The molecule has 0 bridgehead atoms. The van der Waals surface area contributed by atoms with Crippen molar-refractivity contribution in [3.8, 4) is 5.69 Å². The molecule has 18 heavy (non-hydrogen) atoms. The standard InChI is InChI=1S/C11H8IN5O/c12-6-3-16-17(4-6)10-2-9-7(1-8(10)13)11(18)15-5-14-9/h1-5H,13H2,(H,14,15,18). The molecule has 0 amide bonds. The van der Waals surface area contributed by atoms with Crippen LogP contribution in [0.3, 0.4) is 0 Å². The first-order valence-electron chi connectivity index (χ1n) is 5.12. The number of nitrogens with one attached hydrogen (secondary N) is 1. The molecule has 0 fully saturated rings. The number of hydrogen-bond donors (Lipinski definition) is 2. The first kappa shape index (κ1) is 11.2. The van der Waals surface area contributed by atoms with E-state index in [1.807, 2.05) is 6.20 Å². The van der Waals surface area contributed by atoms with E-state index in [1.54, 1.807) is 23.0 Å². The molecule has 0 radical (unpaired) electrons. The van der Waals surface area contributed by atoms with E-state index < -0.39 is 0 Å². The van der Waals surface area contributed by atoms with E-state index in [0.29, 0.717) is 22.3 Å². The maximum atomic E-state index is 11.6. The van der Waals surface area contributed by atoms with Crippen LogP contribution in [0.5, 0.6) is 0 Å². The highest BCUT2D eigenvalue weighted by molar-refractivity contribution is 14.1. The van der Waals surface area contributed by atoms with Crippen molar-refractivity contribution in [2.24, 2.45) is 0 Å². The summed E-state index contributed by atoms with van der Waals surface area (Å²) in [7, 11) is 0. The second kappa shape index (κ2) is 4.09. The van der Waals surface area contributed by atoms with Gasteiger partial charge in [-0.05, 0) is 34.7 Å². The SMILES string of the molecule is Nc1cc2c(=O)[nH]cnc2cc1-n1cc(I)cn1. The predicted molar refractivity (Wildman–Crippen MR) is 76.6 cm³/mol. The Hall–Kier alpha value is -1.90. The zero-order valence-electron chi connectivity index (χ0n) is 9.09. The van der Waals surface area contributed by atoms with Crippen molar-refractivity contribution in [2.75, 3.05) is 5.73 Å². The molecular formula is C11H8IN5O. The fourth-order valence-corrected chi connectivity index (χ4v) is 2.14. The summed E-state index contributed by atoms with van der Waals surface area (Å²) < 4.78 is 2.67. The van der Waals surface area contributed by atoms with Gasteiger partial charge in [0.2, 0.25) is 0 Å². The summed E-state index contributed by atoms with van der Waals surface area (Å²) in [5.41, 5.74) is 7.54. The summed E-state index contributed by atoms with van der Waals surface area (Å²) in [5.74, 6) is 0. The normalized spacial score (nSPS) is 10.9. The summed E-state index contributed by atoms with van der Waals surface area (Å²) in [6.45, 7) is 0. The molecule has 0 atom stereocenters. The van der Waals surface area contributed by atoms with Gasteiger partial charge in [-0.1, -0.05) is 0 Å². The fourth-order valence-electron chi connectivity index (χ4n) is 1.75. The lowest BCUT2D eigenvalue weighted by Crippen LogP contribution is -2.08. The average Bonchev–Trinajstić information content (AvgIpc) is 2.76. The zero-order valence-corrected chi connectivity index (χ0v) is 11.2. The molecule has 7 heteroatoms. The molecule has 2 aromatic heterocycles. The lowest BCUT2D eigenvalue weighted by Gasteiger charge is -2.06. The van der Waals surface area contributed by atoms with Crippen LogP contribution in [0.25, 0.3) is 16.6 Å². The summed E-state index contributed by atoms with van der Waals surface area (Å²) in [5, 5.41) is 4.66. The van der Waals surface area contributed by atoms with Crippen molar-refractivity contribution < 1.29 is 0 Å². The summed E-state index contributed by atoms with van der Waals surface area (Å²) in [4.78, 5) is 18.2. The Balaban J connectivity index is 2.32. The number of nitrogens with two attached hydrogens (primary N) is 1. The number of benzene rings is 1. The van der Waals surface area contributed by atoms with E-state index in [-0.39, 0.29) is 5.56 Å². The first-order chi connectivity index (χ1) is 8.65. The summed E-state index contributed by atoms with van der Waals surface area (Å²) in [6, 6.07) is 3.37. The summed E-state index contributed by atoms with van der Waals surface area (Å²) >= 11 is 2.17. The van der Waals surface area contributed by atoms with Gasteiger partial charge in [0.1, 0.15) is 0 Å². The molecule has 3 aromatic rings. The third-order valence-electron chi connectivity index (χ3n) is 2.59. The van der Waals surface area contributed by atoms with Crippen LogP contribution < -0.4 is 11.3 Å². The van der Waals surface area contributed by atoms with Crippen LogP contribution in [0.1, 0.15) is 0 Å². The predicted octanol–water partition coefficient (Wildman–Crippen LogP) is 1.30. The van der Waals surface area contributed by atoms with Gasteiger partial charge in [-0.3, -0.25) is 4.79 Å². The Labute approximate surface area is 115 Å². The van der Waals surface area contributed by atoms with Gasteiger partial charge in [-0.2, -0.15) is 5.10 Å². The number of nitrogen functional groups attached to an aromatic ring is 1. The van der Waals surface area contributed by atoms with Crippen molar-refractivity contribution in [1.82, 2.24) is 19.7 Å². The minimum absolute atomic E-state index is 0.201. The molecule has 0 unspecified atom stereocenters. The molecule has 90 valence electrons. The zero-order chi connectivity index (χ0) is 12.7. The Morgan fingerprint density at radius 1 is 1.39 bits per heavy atom. The van der Waals surface area contributed by atoms with Gasteiger partial charge < -0.3 is 10.7 Å². The van der Waals surface area contributed by atoms with E-state index >= 15 is 0 Å². The van der Waals surface area contributed by atoms with Crippen LogP contribution >= 0.6 is 22.6 Å². The Bertz CT molecular complexity index is 791. The Morgan fingerprint density at radius 2 is 2.22 bits per heavy atom. The van der Waals surface area contributed by atoms with Crippen molar-refractivity contribution in [2.45, 2.75) is 0 Å². The minimum atomic E-state index is -0.201. The number of fused-ring (bicyclic) bond motifs is 1. The first-order valence-corrected chi connectivity index (χ1v) is 6.20. The summed E-state index contributed by atoms with van der Waals surface area (Å²) in [6.07, 6.45) is 4.96. The number of aromatic amines is 1. The van der Waals surface area contributed by atoms with Crippen molar-refractivity contribution in [1.29, 1.82) is 0 Å². The number of halogens is 1. The minimum Gasteiger partial charge on any atom is -0.397 e. The van der Waals surface area contributed by atoms with E-state index in [0.717, 1.165) is 3.57 Å². The average molecular weight is 353 g/mol. The smallest absolute Gasteiger partial charge is 0.258 e. The Kier molecular flexibility index (Phi) is 2.54. The molecule has 0 saturated carbocycles. The van der Waals surface area contributed by atoms with Crippen LogP contribution in [-0.2, 0) is 0 Å². The van der Waals surface area contributed by atoms with Crippen LogP contribution in [0.15, 0.2) is 35.6 Å². The van der Waals surface area contributed by atoms with Crippen molar-refractivity contribution >= 4 is 39.2 Å². The topological polar surface area (TPSA) is 89.6 Å². The number of hydrogen-bond acceptors (Lipinski definition) is 4. The number of anilines is 1. The molecule has 0 aliphatic rings. The van der Waals surface area contributed by atoms with Gasteiger partial charge in [0.15, 0.2) is 0 Å². The highest BCUT2D eigenvalue weighted by atomic mass is 127. The molecule has 0 aliphatic heterocycles. The Morgan fingerprint density at radius 3 is 2.94 bits per heavy atom. The van der Waals surface area contributed by atoms with Gasteiger partial charge in [0.25, 0.3) is 5.56 Å². The molecular weight excluding hydrogens is 345 g/mol. The van der Waals surface area contributed by atoms with E-state index in [2.05, 4.69) is 37.7 Å². The molecule has 0 saturated heterocycles. The van der Waals surface area contributed by atoms with Crippen molar-refractivity contribution in [3.05, 3.63) is 44.8 Å². The van der Waals surface area contributed by atoms with Gasteiger partial charge >= 0.3 is 0 Å². The second-order valence-corrected chi connectivity index (χ2v) is 5.01. The molecule has 3 rings (SSSR count). The molecule has 3 N–H and O–H groups in total. The maximum absolute atomic E-state index is 11.6. The largest absolute Gasteiger partial charge is 0.397 e. The van der Waals surface area contributed by atoms with Crippen LogP contribution in [0, 0.1) is 3.57 Å². The highest BCUT2D eigenvalue weighted by Gasteiger charge is 2.08. The lowest BCUT2D eigenvalue weighted by atomic mass is 10.2.